The molecule has 9 heteroatoms. The highest BCUT2D eigenvalue weighted by molar-refractivity contribution is 7.89. The number of carbonyl (C=O) groups excluding carboxylic acids is 1. The number of sulfonamides is 1. The van der Waals surface area contributed by atoms with Crippen molar-refractivity contribution < 1.29 is 22.7 Å². The number of benzene rings is 1. The van der Waals surface area contributed by atoms with Gasteiger partial charge in [-0.3, -0.25) is 9.78 Å². The van der Waals surface area contributed by atoms with Gasteiger partial charge in [-0.25, -0.2) is 8.42 Å². The normalized spacial score (nSPS) is 24.0. The first-order valence-electron chi connectivity index (χ1n) is 11.4. The molecule has 0 radical (unpaired) electrons. The quantitative estimate of drug-likeness (QED) is 0.614. The van der Waals surface area contributed by atoms with Crippen LogP contribution in [0.1, 0.15) is 42.6 Å². The number of aromatic nitrogens is 1. The molecule has 2 aromatic rings. The standard InChI is InChI=1S/C24H31N3O5S/c1-18-14-27(15-19(2)32-18)33(29,30)23-9-3-7-21(12-23)24(28)26(17-22-8-5-11-31-22)16-20-6-4-10-25-13-20/h3-4,6-7,9-10,12-13,18-19,22H,5,8,11,14-17H2,1-2H3. The SMILES string of the molecule is CC1CN(S(=O)(=O)c2cccc(C(=O)N(Cc3cccnc3)CC3CCCO3)c2)CC(C)O1. The van der Waals surface area contributed by atoms with Gasteiger partial charge in [0.2, 0.25) is 10.0 Å². The summed E-state index contributed by atoms with van der Waals surface area (Å²) in [6, 6.07) is 10.1. The summed E-state index contributed by atoms with van der Waals surface area (Å²) in [5.74, 6) is -0.227. The first kappa shape index (κ1) is 23.8. The Morgan fingerprint density at radius 3 is 2.64 bits per heavy atom. The van der Waals surface area contributed by atoms with Crippen LogP contribution in [0, 0.1) is 0 Å². The third-order valence-corrected chi connectivity index (χ3v) is 7.76. The molecule has 178 valence electrons. The number of hydrogen-bond acceptors (Lipinski definition) is 6. The van der Waals surface area contributed by atoms with Crippen LogP contribution < -0.4 is 0 Å². The molecule has 3 unspecified atom stereocenters. The van der Waals surface area contributed by atoms with Crippen molar-refractivity contribution in [2.24, 2.45) is 0 Å². The highest BCUT2D eigenvalue weighted by atomic mass is 32.2. The van der Waals surface area contributed by atoms with E-state index in [1.807, 2.05) is 26.0 Å². The molecule has 2 aliphatic heterocycles. The van der Waals surface area contributed by atoms with E-state index in [4.69, 9.17) is 9.47 Å². The van der Waals surface area contributed by atoms with Gasteiger partial charge in [-0.05, 0) is 56.5 Å². The van der Waals surface area contributed by atoms with Crippen LogP contribution in [-0.4, -0.2) is 73.1 Å². The fraction of sp³-hybridized carbons (Fsp3) is 0.500. The fourth-order valence-corrected chi connectivity index (χ4v) is 6.05. The molecule has 1 amide bonds. The molecule has 4 rings (SSSR count). The molecule has 0 bridgehead atoms. The molecular formula is C24H31N3O5S. The first-order chi connectivity index (χ1) is 15.8. The van der Waals surface area contributed by atoms with E-state index >= 15 is 0 Å². The molecule has 33 heavy (non-hydrogen) atoms. The lowest BCUT2D eigenvalue weighted by molar-refractivity contribution is -0.0440. The van der Waals surface area contributed by atoms with Gasteiger partial charge < -0.3 is 14.4 Å². The second-order valence-electron chi connectivity index (χ2n) is 8.79. The van der Waals surface area contributed by atoms with Gasteiger partial charge in [0.15, 0.2) is 0 Å². The van der Waals surface area contributed by atoms with Crippen LogP contribution in [0.4, 0.5) is 0 Å². The Labute approximate surface area is 195 Å². The van der Waals surface area contributed by atoms with Crippen LogP contribution in [0.25, 0.3) is 0 Å². The lowest BCUT2D eigenvalue weighted by atomic mass is 10.1. The summed E-state index contributed by atoms with van der Waals surface area (Å²) >= 11 is 0. The van der Waals surface area contributed by atoms with Crippen LogP contribution in [0.3, 0.4) is 0 Å². The first-order valence-corrected chi connectivity index (χ1v) is 12.8. The molecule has 1 aromatic carbocycles. The summed E-state index contributed by atoms with van der Waals surface area (Å²) in [5.41, 5.74) is 1.25. The molecule has 0 aliphatic carbocycles. The van der Waals surface area contributed by atoms with Crippen LogP contribution in [0.5, 0.6) is 0 Å². The number of nitrogens with zero attached hydrogens (tertiary/aromatic N) is 3. The van der Waals surface area contributed by atoms with Gasteiger partial charge in [0.25, 0.3) is 5.91 Å². The Morgan fingerprint density at radius 2 is 1.97 bits per heavy atom. The number of pyridine rings is 1. The molecule has 0 N–H and O–H groups in total. The van der Waals surface area contributed by atoms with Gasteiger partial charge in [-0.2, -0.15) is 4.31 Å². The van der Waals surface area contributed by atoms with Crippen molar-refractivity contribution in [2.45, 2.75) is 56.4 Å². The van der Waals surface area contributed by atoms with Gasteiger partial charge in [0.05, 0.1) is 23.2 Å². The highest BCUT2D eigenvalue weighted by Crippen LogP contribution is 2.23. The summed E-state index contributed by atoms with van der Waals surface area (Å²) < 4.78 is 39.5. The minimum atomic E-state index is -3.74. The zero-order valence-corrected chi connectivity index (χ0v) is 19.9. The predicted molar refractivity (Wildman–Crippen MR) is 123 cm³/mol. The third-order valence-electron chi connectivity index (χ3n) is 5.94. The second kappa shape index (κ2) is 10.3. The largest absolute Gasteiger partial charge is 0.376 e. The molecule has 2 aliphatic rings. The van der Waals surface area contributed by atoms with Crippen LogP contribution in [0.15, 0.2) is 53.7 Å². The van der Waals surface area contributed by atoms with E-state index in [0.717, 1.165) is 18.4 Å². The molecule has 2 saturated heterocycles. The Hall–Kier alpha value is -2.33. The predicted octanol–water partition coefficient (Wildman–Crippen LogP) is 2.70. The number of ether oxygens (including phenoxy) is 2. The zero-order chi connectivity index (χ0) is 23.4. The van der Waals surface area contributed by atoms with Crippen molar-refractivity contribution in [3.8, 4) is 0 Å². The maximum absolute atomic E-state index is 13.5. The third kappa shape index (κ3) is 5.78. The van der Waals surface area contributed by atoms with Crippen molar-refractivity contribution in [3.63, 3.8) is 0 Å². The molecular weight excluding hydrogens is 442 g/mol. The molecule has 3 atom stereocenters. The Bertz CT molecular complexity index is 1050. The van der Waals surface area contributed by atoms with Gasteiger partial charge in [-0.1, -0.05) is 12.1 Å². The Morgan fingerprint density at radius 1 is 1.18 bits per heavy atom. The fourth-order valence-electron chi connectivity index (χ4n) is 4.41. The monoisotopic (exact) mass is 473 g/mol. The Balaban J connectivity index is 1.58. The van der Waals surface area contributed by atoms with Gasteiger partial charge in [0.1, 0.15) is 0 Å². The maximum atomic E-state index is 13.5. The molecule has 1 aromatic heterocycles. The molecule has 2 fully saturated rings. The van der Waals surface area contributed by atoms with E-state index < -0.39 is 10.0 Å². The smallest absolute Gasteiger partial charge is 0.254 e. The lowest BCUT2D eigenvalue weighted by Crippen LogP contribution is -2.48. The topological polar surface area (TPSA) is 89.0 Å². The average Bonchev–Trinajstić information content (AvgIpc) is 3.31. The molecule has 3 heterocycles. The second-order valence-corrected chi connectivity index (χ2v) is 10.7. The summed E-state index contributed by atoms with van der Waals surface area (Å²) in [6.07, 6.45) is 4.91. The minimum Gasteiger partial charge on any atom is -0.376 e. The van der Waals surface area contributed by atoms with Crippen molar-refractivity contribution >= 4 is 15.9 Å². The highest BCUT2D eigenvalue weighted by Gasteiger charge is 2.33. The number of carbonyl (C=O) groups is 1. The maximum Gasteiger partial charge on any atom is 0.254 e. The van der Waals surface area contributed by atoms with E-state index in [-0.39, 0.29) is 42.2 Å². The average molecular weight is 474 g/mol. The van der Waals surface area contributed by atoms with Gasteiger partial charge >= 0.3 is 0 Å². The van der Waals surface area contributed by atoms with Gasteiger partial charge in [0, 0.05) is 50.7 Å². The van der Waals surface area contributed by atoms with Crippen LogP contribution >= 0.6 is 0 Å². The van der Waals surface area contributed by atoms with E-state index in [2.05, 4.69) is 4.98 Å². The molecule has 8 nitrogen and oxygen atoms in total. The van der Waals surface area contributed by atoms with Gasteiger partial charge in [-0.15, -0.1) is 0 Å². The van der Waals surface area contributed by atoms with Crippen molar-refractivity contribution in [1.82, 2.24) is 14.2 Å². The summed E-state index contributed by atoms with van der Waals surface area (Å²) in [4.78, 5) is 19.5. The van der Waals surface area contributed by atoms with Crippen LogP contribution in [0.2, 0.25) is 0 Å². The van der Waals surface area contributed by atoms with Crippen molar-refractivity contribution in [1.29, 1.82) is 0 Å². The summed E-state index contributed by atoms with van der Waals surface area (Å²) in [6.45, 7) is 5.82. The number of hydrogen-bond donors (Lipinski definition) is 0. The van der Waals surface area contributed by atoms with Crippen LogP contribution in [-0.2, 0) is 26.0 Å². The number of amides is 1. The van der Waals surface area contributed by atoms with Crippen molar-refractivity contribution in [2.75, 3.05) is 26.2 Å². The summed E-state index contributed by atoms with van der Waals surface area (Å²) in [7, 11) is -3.74. The van der Waals surface area contributed by atoms with E-state index in [1.165, 1.54) is 10.4 Å². The van der Waals surface area contributed by atoms with E-state index in [0.29, 0.717) is 25.3 Å². The summed E-state index contributed by atoms with van der Waals surface area (Å²) in [5, 5.41) is 0. The minimum absolute atomic E-state index is 0.0196. The lowest BCUT2D eigenvalue weighted by Gasteiger charge is -2.34. The number of rotatable bonds is 7. The number of morpholine rings is 1. The molecule has 0 spiro atoms. The molecule has 0 saturated carbocycles. The van der Waals surface area contributed by atoms with E-state index in [9.17, 15) is 13.2 Å². The van der Waals surface area contributed by atoms with E-state index in [1.54, 1.807) is 35.5 Å². The zero-order valence-electron chi connectivity index (χ0n) is 19.1. The van der Waals surface area contributed by atoms with Crippen molar-refractivity contribution in [3.05, 3.63) is 59.9 Å². The Kier molecular flexibility index (Phi) is 7.43.